The molecular weight excluding hydrogens is 374 g/mol. The number of hydrogen-bond acceptors (Lipinski definition) is 5. The minimum absolute atomic E-state index is 0.0762. The van der Waals surface area contributed by atoms with Crippen LogP contribution in [0.5, 0.6) is 0 Å². The lowest BCUT2D eigenvalue weighted by molar-refractivity contribution is -0.148. The molecule has 7 heteroatoms. The fourth-order valence-corrected chi connectivity index (χ4v) is 4.31. The van der Waals surface area contributed by atoms with E-state index < -0.39 is 17.6 Å². The highest BCUT2D eigenvalue weighted by Crippen LogP contribution is 2.32. The number of aryl methyl sites for hydroxylation is 3. The van der Waals surface area contributed by atoms with E-state index in [0.29, 0.717) is 36.1 Å². The number of rotatable bonds is 4. The summed E-state index contributed by atoms with van der Waals surface area (Å²) in [5.41, 5.74) is 3.74. The number of fused-ring (bicyclic) bond motifs is 2. The maximum atomic E-state index is 12.6. The lowest BCUT2D eigenvalue weighted by Gasteiger charge is -2.21. The average Bonchev–Trinajstić information content (AvgIpc) is 3.30. The number of carbonyl (C=O) groups is 2. The summed E-state index contributed by atoms with van der Waals surface area (Å²) in [5.74, 6) is -1.22. The molecule has 0 aliphatic carbocycles. The zero-order chi connectivity index (χ0) is 20.9. The van der Waals surface area contributed by atoms with Crippen LogP contribution >= 0.6 is 0 Å². The molecule has 0 bridgehead atoms. The van der Waals surface area contributed by atoms with Gasteiger partial charge in [0.1, 0.15) is 17.2 Å². The van der Waals surface area contributed by atoms with Gasteiger partial charge in [0.25, 0.3) is 0 Å². The van der Waals surface area contributed by atoms with Gasteiger partial charge in [-0.3, -0.25) is 4.79 Å². The second kappa shape index (κ2) is 7.06. The number of carboxylic acids is 1. The molecule has 4 rings (SSSR count). The van der Waals surface area contributed by atoms with Gasteiger partial charge in [0, 0.05) is 34.9 Å². The Morgan fingerprint density at radius 2 is 1.93 bits per heavy atom. The van der Waals surface area contributed by atoms with Crippen molar-refractivity contribution >= 4 is 33.8 Å². The Bertz CT molecular complexity index is 1200. The molecule has 0 radical (unpaired) electrons. The van der Waals surface area contributed by atoms with Gasteiger partial charge in [-0.2, -0.15) is 0 Å². The summed E-state index contributed by atoms with van der Waals surface area (Å²) in [7, 11) is 0. The third-order valence-electron chi connectivity index (χ3n) is 5.98. The Kier molecular flexibility index (Phi) is 4.68. The van der Waals surface area contributed by atoms with Gasteiger partial charge in [-0.25, -0.2) is 9.59 Å². The molecule has 1 amide bonds. The lowest BCUT2D eigenvalue weighted by Crippen LogP contribution is -2.40. The molecule has 3 heterocycles. The molecule has 1 unspecified atom stereocenters. The molecule has 0 spiro atoms. The van der Waals surface area contributed by atoms with Crippen LogP contribution in [0, 0.1) is 20.8 Å². The zero-order valence-electron chi connectivity index (χ0n) is 16.7. The molecule has 0 saturated carbocycles. The number of carbonyl (C=O) groups excluding carboxylic acids is 1. The van der Waals surface area contributed by atoms with Crippen LogP contribution in [-0.2, 0) is 16.0 Å². The Balaban J connectivity index is 1.68. The molecule has 1 aromatic carbocycles. The quantitative estimate of drug-likeness (QED) is 0.677. The van der Waals surface area contributed by atoms with Gasteiger partial charge in [0.2, 0.25) is 5.91 Å². The second-order valence-electron chi connectivity index (χ2n) is 7.75. The number of nitrogens with zero attached hydrogens (tertiary/aromatic N) is 1. The van der Waals surface area contributed by atoms with Crippen LogP contribution < -0.4 is 5.63 Å². The maximum Gasteiger partial charge on any atom is 0.339 e. The highest BCUT2D eigenvalue weighted by atomic mass is 16.4. The van der Waals surface area contributed by atoms with Gasteiger partial charge < -0.3 is 18.8 Å². The summed E-state index contributed by atoms with van der Waals surface area (Å²) in [6, 6.07) is 1.19. The summed E-state index contributed by atoms with van der Waals surface area (Å²) < 4.78 is 11.2. The number of carboxylic acid groups (broad SMARTS) is 1. The van der Waals surface area contributed by atoms with Crippen molar-refractivity contribution in [2.24, 2.45) is 0 Å². The van der Waals surface area contributed by atoms with Crippen molar-refractivity contribution in [1.82, 2.24) is 4.90 Å². The van der Waals surface area contributed by atoms with Crippen molar-refractivity contribution in [1.29, 1.82) is 0 Å². The SMILES string of the molecule is Cc1coc2c(C)c3oc(=O)c(CCC(=O)N4CCCC4C(=O)O)c(C)c3cc12. The fraction of sp³-hybridized carbons (Fsp3) is 0.409. The number of likely N-dealkylation sites (tertiary alicyclic amines) is 1. The van der Waals surface area contributed by atoms with E-state index in [1.807, 2.05) is 26.8 Å². The monoisotopic (exact) mass is 397 g/mol. The number of furan rings is 1. The van der Waals surface area contributed by atoms with Crippen molar-refractivity contribution in [3.05, 3.63) is 45.0 Å². The normalized spacial score (nSPS) is 16.8. The minimum Gasteiger partial charge on any atom is -0.480 e. The van der Waals surface area contributed by atoms with E-state index in [1.165, 1.54) is 4.90 Å². The van der Waals surface area contributed by atoms with Crippen LogP contribution in [0.3, 0.4) is 0 Å². The summed E-state index contributed by atoms with van der Waals surface area (Å²) >= 11 is 0. The van der Waals surface area contributed by atoms with Gasteiger partial charge in [-0.1, -0.05) is 0 Å². The third kappa shape index (κ3) is 3.10. The third-order valence-corrected chi connectivity index (χ3v) is 5.98. The van der Waals surface area contributed by atoms with Crippen molar-refractivity contribution in [2.45, 2.75) is 52.5 Å². The van der Waals surface area contributed by atoms with Crippen molar-refractivity contribution < 1.29 is 23.5 Å². The highest BCUT2D eigenvalue weighted by Gasteiger charge is 2.33. The highest BCUT2D eigenvalue weighted by molar-refractivity contribution is 5.99. The summed E-state index contributed by atoms with van der Waals surface area (Å²) in [4.78, 5) is 37.9. The first kappa shape index (κ1) is 19.2. The molecule has 152 valence electrons. The molecule has 1 fully saturated rings. The van der Waals surface area contributed by atoms with Crippen LogP contribution in [-0.4, -0.2) is 34.5 Å². The molecule has 1 aliphatic heterocycles. The number of benzene rings is 1. The molecule has 2 aromatic heterocycles. The standard InChI is InChI=1S/C22H23NO6/c1-11-10-28-19-13(3)20-16(9-15(11)19)12(2)14(22(27)29-20)6-7-18(24)23-8-4-5-17(23)21(25)26/h9-10,17H,4-8H2,1-3H3,(H,25,26). The topological polar surface area (TPSA) is 101 Å². The number of aliphatic carboxylic acids is 1. The van der Waals surface area contributed by atoms with Crippen molar-refractivity contribution in [3.63, 3.8) is 0 Å². The van der Waals surface area contributed by atoms with Crippen molar-refractivity contribution in [2.75, 3.05) is 6.54 Å². The molecule has 1 saturated heterocycles. The fourth-order valence-electron chi connectivity index (χ4n) is 4.31. The van der Waals surface area contributed by atoms with Gasteiger partial charge in [0.15, 0.2) is 0 Å². The Labute approximate surface area is 166 Å². The first-order valence-electron chi connectivity index (χ1n) is 9.75. The van der Waals surface area contributed by atoms with Gasteiger partial charge >= 0.3 is 11.6 Å². The summed E-state index contributed by atoms with van der Waals surface area (Å²) in [6.45, 7) is 6.12. The second-order valence-corrected chi connectivity index (χ2v) is 7.75. The predicted octanol–water partition coefficient (Wildman–Crippen LogP) is 3.47. The zero-order valence-corrected chi connectivity index (χ0v) is 16.7. The van der Waals surface area contributed by atoms with E-state index in [4.69, 9.17) is 8.83 Å². The van der Waals surface area contributed by atoms with E-state index in [2.05, 4.69) is 0 Å². The van der Waals surface area contributed by atoms with Gasteiger partial charge in [-0.05, 0) is 57.2 Å². The lowest BCUT2D eigenvalue weighted by atomic mass is 9.98. The van der Waals surface area contributed by atoms with E-state index in [1.54, 1.807) is 6.26 Å². The number of hydrogen-bond donors (Lipinski definition) is 1. The largest absolute Gasteiger partial charge is 0.480 e. The van der Waals surface area contributed by atoms with Crippen LogP contribution in [0.1, 0.15) is 41.5 Å². The van der Waals surface area contributed by atoms with E-state index in [9.17, 15) is 19.5 Å². The van der Waals surface area contributed by atoms with E-state index in [-0.39, 0.29) is 18.7 Å². The molecular formula is C22H23NO6. The molecule has 3 aromatic rings. The predicted molar refractivity (Wildman–Crippen MR) is 107 cm³/mol. The molecule has 29 heavy (non-hydrogen) atoms. The molecule has 1 N–H and O–H groups in total. The summed E-state index contributed by atoms with van der Waals surface area (Å²) in [6.07, 6.45) is 3.12. The van der Waals surface area contributed by atoms with Crippen LogP contribution in [0.25, 0.3) is 21.9 Å². The number of amides is 1. The first-order chi connectivity index (χ1) is 13.8. The van der Waals surface area contributed by atoms with Crippen molar-refractivity contribution in [3.8, 4) is 0 Å². The summed E-state index contributed by atoms with van der Waals surface area (Å²) in [5, 5.41) is 11.1. The molecule has 7 nitrogen and oxygen atoms in total. The Morgan fingerprint density at radius 3 is 2.66 bits per heavy atom. The average molecular weight is 397 g/mol. The Morgan fingerprint density at radius 1 is 1.17 bits per heavy atom. The Hall–Kier alpha value is -3.09. The maximum absolute atomic E-state index is 12.6. The first-order valence-corrected chi connectivity index (χ1v) is 9.75. The van der Waals surface area contributed by atoms with Gasteiger partial charge in [0.05, 0.1) is 6.26 Å². The molecule has 1 atom stereocenters. The van der Waals surface area contributed by atoms with E-state index in [0.717, 1.165) is 27.5 Å². The van der Waals surface area contributed by atoms with Gasteiger partial charge in [-0.15, -0.1) is 0 Å². The van der Waals surface area contributed by atoms with Crippen LogP contribution in [0.2, 0.25) is 0 Å². The van der Waals surface area contributed by atoms with E-state index >= 15 is 0 Å². The smallest absolute Gasteiger partial charge is 0.339 e. The molecule has 1 aliphatic rings. The van der Waals surface area contributed by atoms with Crippen LogP contribution in [0.4, 0.5) is 0 Å². The van der Waals surface area contributed by atoms with Crippen LogP contribution in [0.15, 0.2) is 26.0 Å². The minimum atomic E-state index is -0.979.